The molecule has 1 fully saturated rings. The third-order valence-corrected chi connectivity index (χ3v) is 5.70. The van der Waals surface area contributed by atoms with Gasteiger partial charge in [-0.2, -0.15) is 0 Å². The lowest BCUT2D eigenvalue weighted by atomic mass is 9.97. The standard InChI is InChI=1S/C17H22ClN5O2/c1-8-5-11(24)12-13(21-8)14-16(22-15(12)18)23(7-20-14)10-4-3-9(6-10)17(25)19-2/h7-11,21,24H,3-6H2,1-2H3,(H,19,25). The molecule has 2 aliphatic rings. The SMILES string of the molecule is CNC(=O)C1CCC(n2cnc3c4c(c(Cl)nc32)C(O)CC(C)N4)C1. The van der Waals surface area contributed by atoms with Gasteiger partial charge in [0.15, 0.2) is 5.65 Å². The summed E-state index contributed by atoms with van der Waals surface area (Å²) < 4.78 is 2.03. The number of aliphatic hydroxyl groups is 1. The molecule has 134 valence electrons. The molecule has 2 aromatic rings. The molecule has 3 heterocycles. The Kier molecular flexibility index (Phi) is 4.08. The van der Waals surface area contributed by atoms with Crippen LogP contribution in [-0.4, -0.2) is 38.6 Å². The second-order valence-corrected chi connectivity index (χ2v) is 7.45. The summed E-state index contributed by atoms with van der Waals surface area (Å²) in [6.45, 7) is 2.02. The Bertz CT molecular complexity index is 836. The van der Waals surface area contributed by atoms with Crippen LogP contribution in [0.1, 0.15) is 50.3 Å². The maximum Gasteiger partial charge on any atom is 0.222 e. The number of hydrogen-bond donors (Lipinski definition) is 3. The van der Waals surface area contributed by atoms with Gasteiger partial charge in [0, 0.05) is 30.6 Å². The summed E-state index contributed by atoms with van der Waals surface area (Å²) in [4.78, 5) is 21.0. The predicted molar refractivity (Wildman–Crippen MR) is 95.6 cm³/mol. The van der Waals surface area contributed by atoms with E-state index >= 15 is 0 Å². The zero-order chi connectivity index (χ0) is 17.7. The van der Waals surface area contributed by atoms with Gasteiger partial charge in [-0.3, -0.25) is 4.79 Å². The average Bonchev–Trinajstić information content (AvgIpc) is 3.20. The van der Waals surface area contributed by atoms with E-state index in [9.17, 15) is 9.90 Å². The molecule has 4 atom stereocenters. The van der Waals surface area contributed by atoms with Gasteiger partial charge in [0.05, 0.1) is 18.1 Å². The molecule has 4 unspecified atom stereocenters. The van der Waals surface area contributed by atoms with Crippen molar-refractivity contribution in [1.29, 1.82) is 0 Å². The smallest absolute Gasteiger partial charge is 0.222 e. The maximum absolute atomic E-state index is 11.9. The zero-order valence-corrected chi connectivity index (χ0v) is 15.0. The van der Waals surface area contributed by atoms with Crippen molar-refractivity contribution in [2.75, 3.05) is 12.4 Å². The van der Waals surface area contributed by atoms with Gasteiger partial charge >= 0.3 is 0 Å². The summed E-state index contributed by atoms with van der Waals surface area (Å²) in [5, 5.41) is 16.8. The van der Waals surface area contributed by atoms with Crippen LogP contribution in [0.25, 0.3) is 11.2 Å². The Morgan fingerprint density at radius 1 is 1.44 bits per heavy atom. The van der Waals surface area contributed by atoms with E-state index in [-0.39, 0.29) is 23.9 Å². The number of imidazole rings is 1. The molecule has 2 aromatic heterocycles. The highest BCUT2D eigenvalue weighted by Crippen LogP contribution is 2.42. The van der Waals surface area contributed by atoms with Gasteiger partial charge in [-0.1, -0.05) is 11.6 Å². The van der Waals surface area contributed by atoms with Gasteiger partial charge in [0.25, 0.3) is 0 Å². The van der Waals surface area contributed by atoms with E-state index in [0.29, 0.717) is 22.8 Å². The van der Waals surface area contributed by atoms with Crippen LogP contribution in [0.4, 0.5) is 5.69 Å². The molecule has 1 aliphatic carbocycles. The number of halogens is 1. The minimum absolute atomic E-state index is 0.0283. The minimum atomic E-state index is -0.634. The number of pyridine rings is 1. The Morgan fingerprint density at radius 3 is 3.00 bits per heavy atom. The van der Waals surface area contributed by atoms with Crippen LogP contribution < -0.4 is 10.6 Å². The van der Waals surface area contributed by atoms with Crippen molar-refractivity contribution in [1.82, 2.24) is 19.9 Å². The van der Waals surface area contributed by atoms with Crippen molar-refractivity contribution in [2.24, 2.45) is 5.92 Å². The van der Waals surface area contributed by atoms with E-state index in [1.807, 2.05) is 11.5 Å². The van der Waals surface area contributed by atoms with Gasteiger partial charge < -0.3 is 20.3 Å². The first kappa shape index (κ1) is 16.6. The van der Waals surface area contributed by atoms with E-state index < -0.39 is 6.10 Å². The molecule has 1 amide bonds. The summed E-state index contributed by atoms with van der Waals surface area (Å²) in [5.74, 6) is 0.120. The molecule has 1 saturated carbocycles. The topological polar surface area (TPSA) is 92.1 Å². The first-order valence-electron chi connectivity index (χ1n) is 8.71. The summed E-state index contributed by atoms with van der Waals surface area (Å²) in [7, 11) is 1.67. The highest BCUT2D eigenvalue weighted by molar-refractivity contribution is 6.31. The molecule has 4 rings (SSSR count). The number of anilines is 1. The van der Waals surface area contributed by atoms with Crippen LogP contribution in [0, 0.1) is 5.92 Å². The number of aliphatic hydroxyl groups excluding tert-OH is 1. The minimum Gasteiger partial charge on any atom is -0.388 e. The van der Waals surface area contributed by atoms with Crippen LogP contribution >= 0.6 is 11.6 Å². The number of aromatic nitrogens is 3. The quantitative estimate of drug-likeness (QED) is 0.712. The fourth-order valence-electron chi connectivity index (χ4n) is 4.15. The average molecular weight is 364 g/mol. The molecule has 0 radical (unpaired) electrons. The molecule has 3 N–H and O–H groups in total. The molecule has 1 aliphatic heterocycles. The van der Waals surface area contributed by atoms with Crippen molar-refractivity contribution in [3.8, 4) is 0 Å². The van der Waals surface area contributed by atoms with Crippen LogP contribution in [-0.2, 0) is 4.79 Å². The van der Waals surface area contributed by atoms with Crippen LogP contribution in [0.15, 0.2) is 6.33 Å². The summed E-state index contributed by atoms with van der Waals surface area (Å²) in [6.07, 6.45) is 4.27. The summed E-state index contributed by atoms with van der Waals surface area (Å²) in [5.41, 5.74) is 2.85. The number of carbonyl (C=O) groups excluding carboxylic acids is 1. The molecule has 25 heavy (non-hydrogen) atoms. The Balaban J connectivity index is 1.75. The third kappa shape index (κ3) is 2.66. The van der Waals surface area contributed by atoms with Crippen molar-refractivity contribution in [3.05, 3.63) is 17.0 Å². The number of nitrogens with one attached hydrogen (secondary N) is 2. The van der Waals surface area contributed by atoms with Crippen molar-refractivity contribution in [2.45, 2.75) is 50.8 Å². The predicted octanol–water partition coefficient (Wildman–Crippen LogP) is 2.41. The highest BCUT2D eigenvalue weighted by Gasteiger charge is 2.33. The number of amides is 1. The molecule has 8 heteroatoms. The monoisotopic (exact) mass is 363 g/mol. The fourth-order valence-corrected chi connectivity index (χ4v) is 4.45. The van der Waals surface area contributed by atoms with Gasteiger partial charge in [0.1, 0.15) is 10.7 Å². The second kappa shape index (κ2) is 6.14. The van der Waals surface area contributed by atoms with E-state index in [4.69, 9.17) is 11.6 Å². The van der Waals surface area contributed by atoms with Gasteiger partial charge in [-0.05, 0) is 32.6 Å². The fraction of sp³-hybridized carbons (Fsp3) is 0.588. The molecule has 0 spiro atoms. The highest BCUT2D eigenvalue weighted by atomic mass is 35.5. The van der Waals surface area contributed by atoms with Gasteiger partial charge in [-0.15, -0.1) is 0 Å². The normalized spacial score (nSPS) is 28.6. The van der Waals surface area contributed by atoms with Gasteiger partial charge in [-0.25, -0.2) is 9.97 Å². The maximum atomic E-state index is 11.9. The zero-order valence-electron chi connectivity index (χ0n) is 14.3. The van der Waals surface area contributed by atoms with Gasteiger partial charge in [0.2, 0.25) is 5.91 Å². The van der Waals surface area contributed by atoms with E-state index in [0.717, 1.165) is 30.5 Å². The number of nitrogens with zero attached hydrogens (tertiary/aromatic N) is 3. The number of carbonyl (C=O) groups is 1. The first-order valence-corrected chi connectivity index (χ1v) is 9.09. The Morgan fingerprint density at radius 2 is 2.24 bits per heavy atom. The number of rotatable bonds is 2. The van der Waals surface area contributed by atoms with E-state index in [2.05, 4.69) is 20.6 Å². The van der Waals surface area contributed by atoms with E-state index in [1.54, 1.807) is 13.4 Å². The summed E-state index contributed by atoms with van der Waals surface area (Å²) in [6, 6.07) is 0.318. The lowest BCUT2D eigenvalue weighted by molar-refractivity contribution is -0.124. The largest absolute Gasteiger partial charge is 0.388 e. The summed E-state index contributed by atoms with van der Waals surface area (Å²) >= 11 is 6.38. The number of fused-ring (bicyclic) bond motifs is 3. The Labute approximate surface area is 150 Å². The van der Waals surface area contributed by atoms with Crippen molar-refractivity contribution >= 4 is 34.4 Å². The third-order valence-electron chi connectivity index (χ3n) is 5.42. The Hall–Kier alpha value is -1.86. The lowest BCUT2D eigenvalue weighted by Crippen LogP contribution is -2.26. The van der Waals surface area contributed by atoms with Crippen LogP contribution in [0.5, 0.6) is 0 Å². The first-order chi connectivity index (χ1) is 12.0. The van der Waals surface area contributed by atoms with E-state index in [1.165, 1.54) is 0 Å². The van der Waals surface area contributed by atoms with Crippen molar-refractivity contribution < 1.29 is 9.90 Å². The molecule has 0 saturated heterocycles. The molecular formula is C17H22ClN5O2. The molecular weight excluding hydrogens is 342 g/mol. The van der Waals surface area contributed by atoms with Crippen LogP contribution in [0.3, 0.4) is 0 Å². The molecule has 7 nitrogen and oxygen atoms in total. The van der Waals surface area contributed by atoms with Crippen LogP contribution in [0.2, 0.25) is 5.15 Å². The van der Waals surface area contributed by atoms with Crippen molar-refractivity contribution in [3.63, 3.8) is 0 Å². The molecule has 0 aromatic carbocycles. The number of hydrogen-bond acceptors (Lipinski definition) is 5. The lowest BCUT2D eigenvalue weighted by Gasteiger charge is -2.29. The molecule has 0 bridgehead atoms. The second-order valence-electron chi connectivity index (χ2n) is 7.09.